The molecule has 2 rings (SSSR count). The summed E-state index contributed by atoms with van der Waals surface area (Å²) in [5, 5.41) is 3.17. The lowest BCUT2D eigenvalue weighted by molar-refractivity contribution is 0.310. The summed E-state index contributed by atoms with van der Waals surface area (Å²) in [5.41, 5.74) is 0.762. The van der Waals surface area contributed by atoms with Crippen LogP contribution in [0.1, 0.15) is 19.4 Å². The molecule has 0 unspecified atom stereocenters. The Balaban J connectivity index is 2.14. The monoisotopic (exact) mass is 283 g/mol. The Morgan fingerprint density at radius 3 is 2.15 bits per heavy atom. The summed E-state index contributed by atoms with van der Waals surface area (Å²) in [7, 11) is 2.02. The summed E-state index contributed by atoms with van der Waals surface area (Å²) in [6.45, 7) is 7.47. The Bertz CT molecular complexity index is 431. The lowest BCUT2D eigenvalue weighted by Gasteiger charge is -2.34. The second kappa shape index (κ2) is 6.50. The van der Waals surface area contributed by atoms with Crippen molar-refractivity contribution in [3.63, 3.8) is 0 Å². The van der Waals surface area contributed by atoms with E-state index in [0.717, 1.165) is 13.1 Å². The van der Waals surface area contributed by atoms with Crippen LogP contribution in [-0.4, -0.2) is 44.2 Å². The Morgan fingerprint density at radius 1 is 1.10 bits per heavy atom. The lowest BCUT2D eigenvalue weighted by Crippen LogP contribution is -2.45. The molecule has 112 valence electrons. The maximum Gasteiger partial charge on any atom is 0.149 e. The van der Waals surface area contributed by atoms with Crippen LogP contribution in [-0.2, 0) is 6.54 Å². The van der Waals surface area contributed by atoms with Crippen molar-refractivity contribution < 1.29 is 8.78 Å². The van der Waals surface area contributed by atoms with Crippen molar-refractivity contribution in [2.75, 3.05) is 38.1 Å². The first-order valence-electron chi connectivity index (χ1n) is 7.12. The highest BCUT2D eigenvalue weighted by Crippen LogP contribution is 2.26. The summed E-state index contributed by atoms with van der Waals surface area (Å²) in [6, 6.07) is 3.16. The molecule has 0 aliphatic carbocycles. The van der Waals surface area contributed by atoms with Gasteiger partial charge in [-0.25, -0.2) is 8.78 Å². The normalized spacial score (nSPS) is 17.0. The molecule has 3 nitrogen and oxygen atoms in total. The molecular formula is C15H23F2N3. The second-order valence-corrected chi connectivity index (χ2v) is 5.73. The number of benzene rings is 1. The predicted octanol–water partition coefficient (Wildman–Crippen LogP) is 2.21. The average molecular weight is 283 g/mol. The van der Waals surface area contributed by atoms with Crippen LogP contribution in [0.15, 0.2) is 12.1 Å². The molecule has 0 spiro atoms. The van der Waals surface area contributed by atoms with Crippen LogP contribution in [0.3, 0.4) is 0 Å². The van der Waals surface area contributed by atoms with Gasteiger partial charge < -0.3 is 15.1 Å². The van der Waals surface area contributed by atoms with E-state index in [1.54, 1.807) is 4.90 Å². The Kier molecular flexibility index (Phi) is 4.94. The largest absolute Gasteiger partial charge is 0.364 e. The first-order valence-corrected chi connectivity index (χ1v) is 7.12. The molecule has 0 bridgehead atoms. The van der Waals surface area contributed by atoms with Crippen LogP contribution in [0.4, 0.5) is 14.5 Å². The number of piperazine rings is 1. The molecule has 5 heteroatoms. The van der Waals surface area contributed by atoms with Crippen LogP contribution < -0.4 is 10.2 Å². The zero-order valence-electron chi connectivity index (χ0n) is 12.4. The van der Waals surface area contributed by atoms with E-state index in [1.165, 1.54) is 12.1 Å². The summed E-state index contributed by atoms with van der Waals surface area (Å²) in [6.07, 6.45) is 0. The van der Waals surface area contributed by atoms with Gasteiger partial charge in [-0.2, -0.15) is 0 Å². The van der Waals surface area contributed by atoms with Crippen molar-refractivity contribution in [3.05, 3.63) is 29.3 Å². The highest BCUT2D eigenvalue weighted by Gasteiger charge is 2.21. The lowest BCUT2D eigenvalue weighted by atomic mass is 10.1. The maximum atomic E-state index is 14.2. The fourth-order valence-corrected chi connectivity index (χ4v) is 2.37. The quantitative estimate of drug-likeness (QED) is 0.914. The number of anilines is 1. The fourth-order valence-electron chi connectivity index (χ4n) is 2.37. The summed E-state index contributed by atoms with van der Waals surface area (Å²) in [5.74, 6) is -0.926. The van der Waals surface area contributed by atoms with Gasteiger partial charge in [0.05, 0.1) is 0 Å². The molecule has 1 aliphatic heterocycles. The van der Waals surface area contributed by atoms with Gasteiger partial charge >= 0.3 is 0 Å². The number of halogens is 2. The zero-order valence-corrected chi connectivity index (χ0v) is 12.4. The number of nitrogens with one attached hydrogen (secondary N) is 1. The van der Waals surface area contributed by atoms with E-state index in [0.29, 0.717) is 31.2 Å². The Hall–Kier alpha value is -1.20. The minimum Gasteiger partial charge on any atom is -0.364 e. The van der Waals surface area contributed by atoms with Crippen LogP contribution in [0.25, 0.3) is 0 Å². The van der Waals surface area contributed by atoms with Gasteiger partial charge in [-0.1, -0.05) is 13.8 Å². The summed E-state index contributed by atoms with van der Waals surface area (Å²) in [4.78, 5) is 3.96. The molecule has 0 atom stereocenters. The molecule has 1 fully saturated rings. The van der Waals surface area contributed by atoms with E-state index in [4.69, 9.17) is 0 Å². The van der Waals surface area contributed by atoms with Crippen molar-refractivity contribution in [2.24, 2.45) is 0 Å². The van der Waals surface area contributed by atoms with E-state index in [-0.39, 0.29) is 5.69 Å². The highest BCUT2D eigenvalue weighted by molar-refractivity contribution is 5.51. The molecule has 1 N–H and O–H groups in total. The zero-order chi connectivity index (χ0) is 14.7. The first-order chi connectivity index (χ1) is 9.47. The van der Waals surface area contributed by atoms with Gasteiger partial charge in [0.25, 0.3) is 0 Å². The van der Waals surface area contributed by atoms with Gasteiger partial charge in [-0.3, -0.25) is 0 Å². The SMILES string of the molecule is CC(C)NCc1cc(F)c(N2CCN(C)CC2)c(F)c1. The van der Waals surface area contributed by atoms with E-state index in [9.17, 15) is 8.78 Å². The minimum atomic E-state index is -0.463. The molecule has 1 saturated heterocycles. The van der Waals surface area contributed by atoms with E-state index >= 15 is 0 Å². The molecule has 20 heavy (non-hydrogen) atoms. The molecule has 0 radical (unpaired) electrons. The van der Waals surface area contributed by atoms with E-state index in [2.05, 4.69) is 10.2 Å². The van der Waals surface area contributed by atoms with Crippen molar-refractivity contribution in [3.8, 4) is 0 Å². The average Bonchev–Trinajstić information content (AvgIpc) is 2.38. The molecule has 1 heterocycles. The van der Waals surface area contributed by atoms with Crippen molar-refractivity contribution >= 4 is 5.69 Å². The molecule has 0 saturated carbocycles. The standard InChI is InChI=1S/C15H23F2N3/c1-11(2)18-10-12-8-13(16)15(14(17)9-12)20-6-4-19(3)5-7-20/h8-9,11,18H,4-7,10H2,1-3H3. The van der Waals surface area contributed by atoms with Crippen LogP contribution in [0.2, 0.25) is 0 Å². The predicted molar refractivity (Wildman–Crippen MR) is 78.0 cm³/mol. The van der Waals surface area contributed by atoms with Crippen molar-refractivity contribution in [1.29, 1.82) is 0 Å². The van der Waals surface area contributed by atoms with E-state index in [1.807, 2.05) is 20.9 Å². The van der Waals surface area contributed by atoms with Gasteiger partial charge in [-0.15, -0.1) is 0 Å². The Morgan fingerprint density at radius 2 is 1.65 bits per heavy atom. The topological polar surface area (TPSA) is 18.5 Å². The van der Waals surface area contributed by atoms with Gasteiger partial charge in [-0.05, 0) is 24.7 Å². The number of rotatable bonds is 4. The van der Waals surface area contributed by atoms with Crippen molar-refractivity contribution in [2.45, 2.75) is 26.4 Å². The smallest absolute Gasteiger partial charge is 0.149 e. The summed E-state index contributed by atoms with van der Waals surface area (Å²) >= 11 is 0. The molecular weight excluding hydrogens is 260 g/mol. The fraction of sp³-hybridized carbons (Fsp3) is 0.600. The van der Waals surface area contributed by atoms with Crippen molar-refractivity contribution in [1.82, 2.24) is 10.2 Å². The third-order valence-electron chi connectivity index (χ3n) is 3.61. The minimum absolute atomic E-state index is 0.117. The van der Waals surface area contributed by atoms with Gasteiger partial charge in [0.15, 0.2) is 0 Å². The Labute approximate surface area is 119 Å². The number of hydrogen-bond acceptors (Lipinski definition) is 3. The maximum absolute atomic E-state index is 14.2. The number of hydrogen-bond donors (Lipinski definition) is 1. The molecule has 1 aliphatic rings. The van der Waals surface area contributed by atoms with Crippen LogP contribution in [0, 0.1) is 11.6 Å². The third-order valence-corrected chi connectivity index (χ3v) is 3.61. The molecule has 0 amide bonds. The van der Waals surface area contributed by atoms with Crippen LogP contribution >= 0.6 is 0 Å². The molecule has 1 aromatic rings. The third kappa shape index (κ3) is 3.67. The van der Waals surface area contributed by atoms with Crippen LogP contribution in [0.5, 0.6) is 0 Å². The number of likely N-dealkylation sites (N-methyl/N-ethyl adjacent to an activating group) is 1. The molecule has 1 aromatic carbocycles. The highest BCUT2D eigenvalue weighted by atomic mass is 19.1. The van der Waals surface area contributed by atoms with E-state index < -0.39 is 11.6 Å². The second-order valence-electron chi connectivity index (χ2n) is 5.73. The first kappa shape index (κ1) is 15.2. The van der Waals surface area contributed by atoms with Gasteiger partial charge in [0.1, 0.15) is 17.3 Å². The number of nitrogens with zero attached hydrogens (tertiary/aromatic N) is 2. The van der Waals surface area contributed by atoms with Gasteiger partial charge in [0, 0.05) is 38.8 Å². The molecule has 0 aromatic heterocycles. The van der Waals surface area contributed by atoms with Gasteiger partial charge in [0.2, 0.25) is 0 Å². The summed E-state index contributed by atoms with van der Waals surface area (Å²) < 4.78 is 28.4.